The number of H-pyrrole nitrogens is 1. The van der Waals surface area contributed by atoms with Crippen molar-refractivity contribution in [1.82, 2.24) is 30.3 Å². The normalized spacial score (nSPS) is 11.7. The van der Waals surface area contributed by atoms with Gasteiger partial charge < -0.3 is 24.5 Å². The number of nitrogens with zero attached hydrogens (tertiary/aromatic N) is 4. The number of hydrogen-bond acceptors (Lipinski definition) is 7. The number of aromatic amines is 1. The second-order valence-electron chi connectivity index (χ2n) is 11.6. The van der Waals surface area contributed by atoms with E-state index in [9.17, 15) is 4.79 Å². The Labute approximate surface area is 263 Å². The highest BCUT2D eigenvalue weighted by Gasteiger charge is 2.22. The van der Waals surface area contributed by atoms with E-state index in [0.717, 1.165) is 99.0 Å². The molecule has 45 heavy (non-hydrogen) atoms. The molecule has 0 atom stereocenters. The highest BCUT2D eigenvalue weighted by molar-refractivity contribution is 6.17. The zero-order valence-corrected chi connectivity index (χ0v) is 26.9. The lowest BCUT2D eigenvalue weighted by molar-refractivity contribution is 0.0950. The molecule has 0 spiro atoms. The average molecular weight is 605 g/mol. The molecule has 1 amide bonds. The topological polar surface area (TPSA) is 109 Å². The molecular weight excluding hydrogens is 564 g/mol. The first-order chi connectivity index (χ1) is 21.8. The summed E-state index contributed by atoms with van der Waals surface area (Å²) in [6.45, 7) is 13.6. The van der Waals surface area contributed by atoms with Gasteiger partial charge in [-0.05, 0) is 75.7 Å². The standard InChI is InChI=1S/C36H40N6O3/c1-7-16-42(17-8-2)18-15-37-36(43)27-14-13-26(24-11-9-10-12-25(24)27)34-33-28-20-31(44-6)29(32-21(3)41-45-22(32)4)19-30(28)40-35(33)39-23(5)38-34/h9-14,19-20H,7-8,15-18H2,1-6H3,(H,37,43)(H,38,39,40). The Bertz CT molecular complexity index is 2000. The Morgan fingerprint density at radius 3 is 2.38 bits per heavy atom. The lowest BCUT2D eigenvalue weighted by Gasteiger charge is -2.21. The summed E-state index contributed by atoms with van der Waals surface area (Å²) in [5.74, 6) is 2.01. The maximum Gasteiger partial charge on any atom is 0.251 e. The van der Waals surface area contributed by atoms with E-state index >= 15 is 0 Å². The molecular formula is C36H40N6O3. The molecule has 3 aromatic carbocycles. The molecule has 2 N–H and O–H groups in total. The van der Waals surface area contributed by atoms with Crippen molar-refractivity contribution in [2.24, 2.45) is 0 Å². The number of fused-ring (bicyclic) bond motifs is 4. The summed E-state index contributed by atoms with van der Waals surface area (Å²) in [6, 6.07) is 16.1. The van der Waals surface area contributed by atoms with Crippen LogP contribution in [0.5, 0.6) is 5.75 Å². The van der Waals surface area contributed by atoms with Crippen LogP contribution in [0.4, 0.5) is 0 Å². The van der Waals surface area contributed by atoms with E-state index in [0.29, 0.717) is 23.7 Å². The smallest absolute Gasteiger partial charge is 0.251 e. The van der Waals surface area contributed by atoms with Crippen LogP contribution < -0.4 is 10.1 Å². The molecule has 0 saturated heterocycles. The van der Waals surface area contributed by atoms with Gasteiger partial charge >= 0.3 is 0 Å². The first-order valence-electron chi connectivity index (χ1n) is 15.7. The molecule has 0 fully saturated rings. The molecule has 0 aliphatic heterocycles. The number of nitrogens with one attached hydrogen (secondary N) is 2. The second-order valence-corrected chi connectivity index (χ2v) is 11.6. The van der Waals surface area contributed by atoms with Gasteiger partial charge in [0.05, 0.1) is 29.4 Å². The lowest BCUT2D eigenvalue weighted by Crippen LogP contribution is -2.35. The first kappa shape index (κ1) is 30.3. The molecule has 0 aliphatic rings. The van der Waals surface area contributed by atoms with Crippen molar-refractivity contribution in [2.45, 2.75) is 47.5 Å². The Morgan fingerprint density at radius 1 is 0.933 bits per heavy atom. The lowest BCUT2D eigenvalue weighted by atomic mass is 9.95. The van der Waals surface area contributed by atoms with Crippen LogP contribution in [0, 0.1) is 20.8 Å². The van der Waals surface area contributed by atoms with Gasteiger partial charge in [0.15, 0.2) is 0 Å². The first-order valence-corrected chi connectivity index (χ1v) is 15.7. The fraction of sp³-hybridized carbons (Fsp3) is 0.333. The Balaban J connectivity index is 1.45. The Kier molecular flexibility index (Phi) is 8.54. The third kappa shape index (κ3) is 5.64. The number of aryl methyl sites for hydroxylation is 3. The Morgan fingerprint density at radius 2 is 1.69 bits per heavy atom. The largest absolute Gasteiger partial charge is 0.496 e. The van der Waals surface area contributed by atoms with Gasteiger partial charge in [0.1, 0.15) is 23.0 Å². The van der Waals surface area contributed by atoms with Gasteiger partial charge in [0, 0.05) is 40.7 Å². The summed E-state index contributed by atoms with van der Waals surface area (Å²) in [7, 11) is 1.67. The SMILES string of the molecule is CCCN(CCC)CCNC(=O)c1ccc(-c2nc(C)nc3[nH]c4cc(-c5c(C)noc5C)c(OC)cc4c23)c2ccccc12. The van der Waals surface area contributed by atoms with E-state index in [1.54, 1.807) is 7.11 Å². The van der Waals surface area contributed by atoms with Crippen LogP contribution in [-0.2, 0) is 0 Å². The fourth-order valence-electron chi connectivity index (χ4n) is 6.46. The highest BCUT2D eigenvalue weighted by atomic mass is 16.5. The van der Waals surface area contributed by atoms with Crippen LogP contribution in [0.25, 0.3) is 55.1 Å². The van der Waals surface area contributed by atoms with Gasteiger partial charge in [-0.1, -0.05) is 49.3 Å². The number of aromatic nitrogens is 4. The predicted octanol–water partition coefficient (Wildman–Crippen LogP) is 7.37. The maximum absolute atomic E-state index is 13.5. The van der Waals surface area contributed by atoms with E-state index in [1.165, 1.54) is 0 Å². The van der Waals surface area contributed by atoms with Crippen molar-refractivity contribution in [3.63, 3.8) is 0 Å². The van der Waals surface area contributed by atoms with E-state index in [2.05, 4.69) is 46.3 Å². The minimum absolute atomic E-state index is 0.0709. The van der Waals surface area contributed by atoms with Crippen molar-refractivity contribution in [1.29, 1.82) is 0 Å². The van der Waals surface area contributed by atoms with Gasteiger partial charge in [-0.2, -0.15) is 0 Å². The van der Waals surface area contributed by atoms with Crippen molar-refractivity contribution in [3.8, 4) is 28.1 Å². The van der Waals surface area contributed by atoms with Crippen molar-refractivity contribution < 1.29 is 14.1 Å². The summed E-state index contributed by atoms with van der Waals surface area (Å²) in [4.78, 5) is 29.1. The number of ether oxygens (including phenoxy) is 1. The zero-order chi connectivity index (χ0) is 31.7. The van der Waals surface area contributed by atoms with Crippen LogP contribution in [0.3, 0.4) is 0 Å². The van der Waals surface area contributed by atoms with Gasteiger partial charge in [0.2, 0.25) is 0 Å². The molecule has 0 saturated carbocycles. The highest BCUT2D eigenvalue weighted by Crippen LogP contribution is 2.42. The Hall–Kier alpha value is -4.76. The molecule has 6 rings (SSSR count). The van der Waals surface area contributed by atoms with Crippen LogP contribution in [0.15, 0.2) is 53.1 Å². The quantitative estimate of drug-likeness (QED) is 0.159. The number of rotatable bonds is 11. The number of hydrogen-bond donors (Lipinski definition) is 2. The molecule has 9 heteroatoms. The molecule has 3 heterocycles. The van der Waals surface area contributed by atoms with Crippen LogP contribution in [0.1, 0.15) is 54.3 Å². The van der Waals surface area contributed by atoms with E-state index in [1.807, 2.05) is 57.2 Å². The van der Waals surface area contributed by atoms with Crippen LogP contribution >= 0.6 is 0 Å². The average Bonchev–Trinajstić information content (AvgIpc) is 3.56. The fourth-order valence-corrected chi connectivity index (χ4v) is 6.46. The minimum atomic E-state index is -0.0709. The molecule has 0 aliphatic carbocycles. The zero-order valence-electron chi connectivity index (χ0n) is 26.9. The molecule has 0 bridgehead atoms. The third-order valence-electron chi connectivity index (χ3n) is 8.40. The van der Waals surface area contributed by atoms with E-state index in [-0.39, 0.29) is 5.91 Å². The summed E-state index contributed by atoms with van der Waals surface area (Å²) in [6.07, 6.45) is 2.20. The maximum atomic E-state index is 13.5. The summed E-state index contributed by atoms with van der Waals surface area (Å²) in [5.41, 5.74) is 6.64. The van der Waals surface area contributed by atoms with Crippen molar-refractivity contribution in [3.05, 3.63) is 71.4 Å². The predicted molar refractivity (Wildman–Crippen MR) is 180 cm³/mol. The molecule has 0 unspecified atom stereocenters. The number of amides is 1. The molecule has 232 valence electrons. The number of methoxy groups -OCH3 is 1. The van der Waals surface area contributed by atoms with Gasteiger partial charge in [-0.25, -0.2) is 9.97 Å². The number of benzene rings is 3. The molecule has 3 aromatic heterocycles. The number of carbonyl (C=O) groups excluding carboxylic acids is 1. The number of carbonyl (C=O) groups is 1. The van der Waals surface area contributed by atoms with E-state index < -0.39 is 0 Å². The summed E-state index contributed by atoms with van der Waals surface area (Å²) in [5, 5.41) is 11.0. The molecule has 0 radical (unpaired) electrons. The van der Waals surface area contributed by atoms with E-state index in [4.69, 9.17) is 19.2 Å². The minimum Gasteiger partial charge on any atom is -0.496 e. The van der Waals surface area contributed by atoms with Gasteiger partial charge in [-0.3, -0.25) is 4.79 Å². The van der Waals surface area contributed by atoms with Crippen LogP contribution in [-0.4, -0.2) is 64.2 Å². The monoisotopic (exact) mass is 604 g/mol. The van der Waals surface area contributed by atoms with Crippen LogP contribution in [0.2, 0.25) is 0 Å². The third-order valence-corrected chi connectivity index (χ3v) is 8.40. The molecule has 9 nitrogen and oxygen atoms in total. The summed E-state index contributed by atoms with van der Waals surface area (Å²) < 4.78 is 11.4. The van der Waals surface area contributed by atoms with Gasteiger partial charge in [-0.15, -0.1) is 0 Å². The second kappa shape index (κ2) is 12.7. The van der Waals surface area contributed by atoms with Crippen molar-refractivity contribution in [2.75, 3.05) is 33.3 Å². The van der Waals surface area contributed by atoms with Crippen molar-refractivity contribution >= 4 is 38.6 Å². The molecule has 6 aromatic rings. The summed E-state index contributed by atoms with van der Waals surface area (Å²) >= 11 is 0. The van der Waals surface area contributed by atoms with Gasteiger partial charge in [0.25, 0.3) is 5.91 Å².